The average Bonchev–Trinajstić information content (AvgIpc) is 2.31. The van der Waals surface area contributed by atoms with Crippen molar-refractivity contribution in [3.8, 4) is 0 Å². The van der Waals surface area contributed by atoms with E-state index in [2.05, 4.69) is 21.8 Å². The first-order valence-electron chi connectivity index (χ1n) is 5.01. The molecule has 1 aromatic rings. The van der Waals surface area contributed by atoms with Gasteiger partial charge in [0, 0.05) is 18.9 Å². The summed E-state index contributed by atoms with van der Waals surface area (Å²) in [5.74, 6) is 1.41. The first-order chi connectivity index (χ1) is 7.31. The molecule has 2 heterocycles. The van der Waals surface area contributed by atoms with Gasteiger partial charge >= 0.3 is 0 Å². The van der Waals surface area contributed by atoms with Crippen molar-refractivity contribution in [3.63, 3.8) is 0 Å². The van der Waals surface area contributed by atoms with E-state index in [1.807, 2.05) is 0 Å². The molecule has 1 aliphatic heterocycles. The van der Waals surface area contributed by atoms with Crippen molar-refractivity contribution >= 4 is 17.4 Å². The molecule has 5 heteroatoms. The minimum absolute atomic E-state index is 0.0878. The summed E-state index contributed by atoms with van der Waals surface area (Å²) >= 11 is 5.79. The predicted octanol–water partition coefficient (Wildman–Crippen LogP) is 1.31. The number of alkyl halides is 1. The van der Waals surface area contributed by atoms with Crippen LogP contribution in [0.2, 0.25) is 0 Å². The highest BCUT2D eigenvalue weighted by Gasteiger charge is 2.26. The Bertz CT molecular complexity index is 309. The number of anilines is 1. The van der Waals surface area contributed by atoms with E-state index in [9.17, 15) is 0 Å². The third-order valence-electron chi connectivity index (χ3n) is 2.52. The summed E-state index contributed by atoms with van der Waals surface area (Å²) in [6.45, 7) is 3.58. The van der Waals surface area contributed by atoms with Gasteiger partial charge in [-0.3, -0.25) is 4.98 Å². The lowest BCUT2D eigenvalue weighted by atomic mass is 10.2. The van der Waals surface area contributed by atoms with E-state index in [4.69, 9.17) is 16.3 Å². The summed E-state index contributed by atoms with van der Waals surface area (Å²) < 4.78 is 5.57. The zero-order valence-electron chi connectivity index (χ0n) is 8.64. The predicted molar refractivity (Wildman–Crippen MR) is 59.3 cm³/mol. The number of rotatable bonds is 2. The molecule has 0 amide bonds. The van der Waals surface area contributed by atoms with Gasteiger partial charge in [0.05, 0.1) is 30.8 Å². The molecular formula is C10H14ClN3O. The van der Waals surface area contributed by atoms with E-state index in [1.165, 1.54) is 0 Å². The molecule has 0 N–H and O–H groups in total. The van der Waals surface area contributed by atoms with Crippen LogP contribution in [-0.2, 0) is 4.74 Å². The van der Waals surface area contributed by atoms with Gasteiger partial charge in [-0.15, -0.1) is 11.6 Å². The number of hydrogen-bond donors (Lipinski definition) is 0. The van der Waals surface area contributed by atoms with Gasteiger partial charge in [0.2, 0.25) is 0 Å². The topological polar surface area (TPSA) is 38.2 Å². The Hall–Kier alpha value is -0.870. The van der Waals surface area contributed by atoms with Crippen LogP contribution in [0.3, 0.4) is 0 Å². The van der Waals surface area contributed by atoms with Gasteiger partial charge in [-0.05, 0) is 6.92 Å². The molecule has 4 nitrogen and oxygen atoms in total. The van der Waals surface area contributed by atoms with Crippen LogP contribution in [0.5, 0.6) is 0 Å². The van der Waals surface area contributed by atoms with Crippen molar-refractivity contribution in [1.29, 1.82) is 0 Å². The number of aromatic nitrogens is 2. The van der Waals surface area contributed by atoms with E-state index in [1.54, 1.807) is 18.6 Å². The quantitative estimate of drug-likeness (QED) is 0.715. The molecule has 1 aliphatic rings. The maximum atomic E-state index is 5.79. The molecule has 82 valence electrons. The summed E-state index contributed by atoms with van der Waals surface area (Å²) in [7, 11) is 0. The van der Waals surface area contributed by atoms with Gasteiger partial charge < -0.3 is 9.64 Å². The molecule has 1 fully saturated rings. The van der Waals surface area contributed by atoms with Gasteiger partial charge in [-0.2, -0.15) is 0 Å². The molecule has 0 spiro atoms. The van der Waals surface area contributed by atoms with Crippen molar-refractivity contribution in [3.05, 3.63) is 18.6 Å². The fourth-order valence-corrected chi connectivity index (χ4v) is 1.86. The van der Waals surface area contributed by atoms with E-state index in [-0.39, 0.29) is 6.10 Å². The number of nitrogens with zero attached hydrogens (tertiary/aromatic N) is 3. The zero-order valence-corrected chi connectivity index (χ0v) is 9.39. The van der Waals surface area contributed by atoms with Crippen LogP contribution in [0.1, 0.15) is 6.92 Å². The fourth-order valence-electron chi connectivity index (χ4n) is 1.67. The Balaban J connectivity index is 2.13. The summed E-state index contributed by atoms with van der Waals surface area (Å²) in [5.41, 5.74) is 0. The third-order valence-corrected chi connectivity index (χ3v) is 2.87. The monoisotopic (exact) mass is 227 g/mol. The Labute approximate surface area is 94.2 Å². The van der Waals surface area contributed by atoms with Crippen LogP contribution >= 0.6 is 11.6 Å². The minimum Gasteiger partial charge on any atom is -0.373 e. The van der Waals surface area contributed by atoms with Crippen LogP contribution in [0.15, 0.2) is 18.6 Å². The van der Waals surface area contributed by atoms with Crippen molar-refractivity contribution in [1.82, 2.24) is 9.97 Å². The lowest BCUT2D eigenvalue weighted by molar-refractivity contribution is 0.0361. The number of ether oxygens (including phenoxy) is 1. The van der Waals surface area contributed by atoms with Crippen molar-refractivity contribution in [2.45, 2.75) is 19.1 Å². The summed E-state index contributed by atoms with van der Waals surface area (Å²) in [6, 6.07) is 0.321. The molecule has 2 atom stereocenters. The lowest BCUT2D eigenvalue weighted by Gasteiger charge is -2.37. The van der Waals surface area contributed by atoms with Crippen molar-refractivity contribution in [2.24, 2.45) is 0 Å². The van der Waals surface area contributed by atoms with E-state index < -0.39 is 0 Å². The summed E-state index contributed by atoms with van der Waals surface area (Å²) in [5, 5.41) is 0. The second-order valence-electron chi connectivity index (χ2n) is 3.67. The average molecular weight is 228 g/mol. The van der Waals surface area contributed by atoms with E-state index in [0.717, 1.165) is 12.4 Å². The Kier molecular flexibility index (Phi) is 3.38. The summed E-state index contributed by atoms with van der Waals surface area (Å²) in [4.78, 5) is 10.5. The van der Waals surface area contributed by atoms with Gasteiger partial charge in [-0.1, -0.05) is 0 Å². The van der Waals surface area contributed by atoms with Gasteiger partial charge in [0.25, 0.3) is 0 Å². The highest BCUT2D eigenvalue weighted by atomic mass is 35.5. The maximum Gasteiger partial charge on any atom is 0.147 e. The SMILES string of the molecule is CC1COC(CCl)CN1c1cnccn1. The smallest absolute Gasteiger partial charge is 0.147 e. The van der Waals surface area contributed by atoms with Gasteiger partial charge in [0.15, 0.2) is 0 Å². The maximum absolute atomic E-state index is 5.79. The standard InChI is InChI=1S/C10H14ClN3O/c1-8-7-15-9(4-11)6-14(8)10-5-12-2-3-13-10/h2-3,5,8-9H,4,6-7H2,1H3. The lowest BCUT2D eigenvalue weighted by Crippen LogP contribution is -2.49. The molecule has 0 saturated carbocycles. The minimum atomic E-state index is 0.0878. The highest BCUT2D eigenvalue weighted by molar-refractivity contribution is 6.18. The normalized spacial score (nSPS) is 26.7. The Morgan fingerprint density at radius 2 is 2.47 bits per heavy atom. The van der Waals surface area contributed by atoms with Crippen LogP contribution in [0.25, 0.3) is 0 Å². The number of hydrogen-bond acceptors (Lipinski definition) is 4. The van der Waals surface area contributed by atoms with Gasteiger partial charge in [-0.25, -0.2) is 4.98 Å². The number of morpholine rings is 1. The van der Waals surface area contributed by atoms with Crippen LogP contribution in [-0.4, -0.2) is 41.1 Å². The molecule has 0 aliphatic carbocycles. The number of halogens is 1. The second kappa shape index (κ2) is 4.77. The summed E-state index contributed by atoms with van der Waals surface area (Å²) in [6.07, 6.45) is 5.23. The van der Waals surface area contributed by atoms with E-state index >= 15 is 0 Å². The van der Waals surface area contributed by atoms with Crippen LogP contribution in [0.4, 0.5) is 5.82 Å². The molecule has 2 unspecified atom stereocenters. The Morgan fingerprint density at radius 1 is 1.60 bits per heavy atom. The molecule has 15 heavy (non-hydrogen) atoms. The fraction of sp³-hybridized carbons (Fsp3) is 0.600. The largest absolute Gasteiger partial charge is 0.373 e. The van der Waals surface area contributed by atoms with Crippen LogP contribution < -0.4 is 4.90 Å². The van der Waals surface area contributed by atoms with E-state index in [0.29, 0.717) is 18.5 Å². The first-order valence-corrected chi connectivity index (χ1v) is 5.55. The van der Waals surface area contributed by atoms with Crippen molar-refractivity contribution in [2.75, 3.05) is 23.9 Å². The molecule has 0 radical (unpaired) electrons. The molecular weight excluding hydrogens is 214 g/mol. The van der Waals surface area contributed by atoms with Gasteiger partial charge in [0.1, 0.15) is 5.82 Å². The molecule has 0 bridgehead atoms. The molecule has 2 rings (SSSR count). The zero-order chi connectivity index (χ0) is 10.7. The Morgan fingerprint density at radius 3 is 3.13 bits per heavy atom. The molecule has 0 aromatic carbocycles. The third kappa shape index (κ3) is 2.38. The van der Waals surface area contributed by atoms with Crippen LogP contribution in [0, 0.1) is 0 Å². The van der Waals surface area contributed by atoms with Crippen molar-refractivity contribution < 1.29 is 4.74 Å². The second-order valence-corrected chi connectivity index (χ2v) is 3.98. The first kappa shape index (κ1) is 10.6. The molecule has 1 aromatic heterocycles. The molecule has 1 saturated heterocycles. The highest BCUT2D eigenvalue weighted by Crippen LogP contribution is 2.18.